The van der Waals surface area contributed by atoms with E-state index < -0.39 is 21.7 Å². The van der Waals surface area contributed by atoms with Crippen LogP contribution in [-0.2, 0) is 14.8 Å². The van der Waals surface area contributed by atoms with Gasteiger partial charge in [0.1, 0.15) is 10.5 Å². The number of hydrogen-bond acceptors (Lipinski definition) is 5. The molecule has 1 amide bonds. The number of benzene rings is 1. The van der Waals surface area contributed by atoms with Crippen LogP contribution in [0.4, 0.5) is 10.5 Å². The SMILES string of the molecule is CC(C)(C)OC(=O)NS(=O)(=O)c1cc(Cl)ccc1N. The standard InChI is InChI=1S/C11H15ClN2O4S/c1-11(2,3)18-10(15)14-19(16,17)9-6-7(12)4-5-8(9)13/h4-6H,13H2,1-3H3,(H,14,15). The maximum atomic E-state index is 12.0. The van der Waals surface area contributed by atoms with Crippen molar-refractivity contribution in [2.75, 3.05) is 5.73 Å². The Balaban J connectivity index is 2.99. The quantitative estimate of drug-likeness (QED) is 0.816. The van der Waals surface area contributed by atoms with Gasteiger partial charge in [-0.1, -0.05) is 11.6 Å². The maximum absolute atomic E-state index is 12.0. The third-order valence-electron chi connectivity index (χ3n) is 1.88. The molecule has 0 saturated carbocycles. The topological polar surface area (TPSA) is 98.5 Å². The highest BCUT2D eigenvalue weighted by molar-refractivity contribution is 7.90. The van der Waals surface area contributed by atoms with Gasteiger partial charge in [0, 0.05) is 5.02 Å². The number of carbonyl (C=O) groups excluding carboxylic acids is 1. The van der Waals surface area contributed by atoms with Crippen LogP contribution in [0.3, 0.4) is 0 Å². The number of hydrogen-bond donors (Lipinski definition) is 2. The highest BCUT2D eigenvalue weighted by Gasteiger charge is 2.24. The van der Waals surface area contributed by atoms with Crippen molar-refractivity contribution in [1.82, 2.24) is 4.72 Å². The second-order valence-electron chi connectivity index (χ2n) is 4.79. The Morgan fingerprint density at radius 1 is 1.37 bits per heavy atom. The van der Waals surface area contributed by atoms with Crippen LogP contribution < -0.4 is 10.5 Å². The Labute approximate surface area is 116 Å². The Morgan fingerprint density at radius 2 is 1.95 bits per heavy atom. The number of sulfonamides is 1. The summed E-state index contributed by atoms with van der Waals surface area (Å²) in [6.07, 6.45) is -1.08. The first-order valence-electron chi connectivity index (χ1n) is 5.32. The molecular formula is C11H15ClN2O4S. The summed E-state index contributed by atoms with van der Waals surface area (Å²) >= 11 is 5.70. The predicted molar refractivity (Wildman–Crippen MR) is 72.4 cm³/mol. The molecule has 0 aliphatic rings. The molecule has 1 aromatic rings. The molecule has 8 heteroatoms. The molecule has 106 valence electrons. The van der Waals surface area contributed by atoms with Crippen LogP contribution in [0.5, 0.6) is 0 Å². The zero-order chi connectivity index (χ0) is 14.8. The molecule has 0 aliphatic heterocycles. The summed E-state index contributed by atoms with van der Waals surface area (Å²) in [4.78, 5) is 11.2. The monoisotopic (exact) mass is 306 g/mol. The molecular weight excluding hydrogens is 292 g/mol. The van der Waals surface area contributed by atoms with E-state index in [1.54, 1.807) is 25.5 Å². The average molecular weight is 307 g/mol. The van der Waals surface area contributed by atoms with Crippen LogP contribution in [0, 0.1) is 0 Å². The van der Waals surface area contributed by atoms with E-state index in [0.29, 0.717) is 0 Å². The first-order valence-corrected chi connectivity index (χ1v) is 7.18. The largest absolute Gasteiger partial charge is 0.443 e. The van der Waals surface area contributed by atoms with E-state index in [1.807, 2.05) is 0 Å². The number of ether oxygens (including phenoxy) is 1. The highest BCUT2D eigenvalue weighted by atomic mass is 35.5. The van der Waals surface area contributed by atoms with Gasteiger partial charge in [-0.2, -0.15) is 0 Å². The lowest BCUT2D eigenvalue weighted by Gasteiger charge is -2.19. The van der Waals surface area contributed by atoms with Gasteiger partial charge in [-0.25, -0.2) is 17.9 Å². The highest BCUT2D eigenvalue weighted by Crippen LogP contribution is 2.22. The molecule has 0 radical (unpaired) electrons. The fourth-order valence-corrected chi connectivity index (χ4v) is 2.47. The van der Waals surface area contributed by atoms with Gasteiger partial charge in [0.25, 0.3) is 10.0 Å². The third kappa shape index (κ3) is 4.60. The minimum Gasteiger partial charge on any atom is -0.443 e. The summed E-state index contributed by atoms with van der Waals surface area (Å²) in [5, 5.41) is 0.193. The van der Waals surface area contributed by atoms with E-state index in [0.717, 1.165) is 6.07 Å². The molecule has 0 aromatic heterocycles. The molecule has 0 fully saturated rings. The Kier molecular flexibility index (Phi) is 4.32. The van der Waals surface area contributed by atoms with E-state index >= 15 is 0 Å². The summed E-state index contributed by atoms with van der Waals surface area (Å²) in [5.74, 6) is 0. The fraction of sp³-hybridized carbons (Fsp3) is 0.364. The Morgan fingerprint density at radius 3 is 2.47 bits per heavy atom. The van der Waals surface area contributed by atoms with Gasteiger partial charge in [-0.05, 0) is 39.0 Å². The van der Waals surface area contributed by atoms with E-state index in [4.69, 9.17) is 22.1 Å². The van der Waals surface area contributed by atoms with Gasteiger partial charge < -0.3 is 10.5 Å². The molecule has 1 rings (SSSR count). The van der Waals surface area contributed by atoms with Crippen molar-refractivity contribution in [3.63, 3.8) is 0 Å². The first kappa shape index (κ1) is 15.6. The van der Waals surface area contributed by atoms with Crippen molar-refractivity contribution in [3.8, 4) is 0 Å². The maximum Gasteiger partial charge on any atom is 0.421 e. The molecule has 0 unspecified atom stereocenters. The second-order valence-corrected chi connectivity index (χ2v) is 6.88. The fourth-order valence-electron chi connectivity index (χ4n) is 1.20. The number of nitrogen functional groups attached to an aromatic ring is 1. The van der Waals surface area contributed by atoms with E-state index in [9.17, 15) is 13.2 Å². The third-order valence-corrected chi connectivity index (χ3v) is 3.48. The van der Waals surface area contributed by atoms with Gasteiger partial charge in [0.05, 0.1) is 5.69 Å². The number of rotatable bonds is 2. The molecule has 0 saturated heterocycles. The Hall–Kier alpha value is -1.47. The van der Waals surface area contributed by atoms with Crippen molar-refractivity contribution in [1.29, 1.82) is 0 Å². The lowest BCUT2D eigenvalue weighted by Crippen LogP contribution is -2.36. The lowest BCUT2D eigenvalue weighted by atomic mass is 10.2. The van der Waals surface area contributed by atoms with Crippen LogP contribution in [-0.4, -0.2) is 20.1 Å². The number of nitrogens with one attached hydrogen (secondary N) is 1. The number of amides is 1. The van der Waals surface area contributed by atoms with Gasteiger partial charge >= 0.3 is 6.09 Å². The molecule has 3 N–H and O–H groups in total. The number of carbonyl (C=O) groups is 1. The molecule has 0 bridgehead atoms. The van der Waals surface area contributed by atoms with E-state index in [2.05, 4.69) is 0 Å². The molecule has 6 nitrogen and oxygen atoms in total. The average Bonchev–Trinajstić information content (AvgIpc) is 2.17. The van der Waals surface area contributed by atoms with Crippen LogP contribution in [0.25, 0.3) is 0 Å². The zero-order valence-electron chi connectivity index (χ0n) is 10.7. The molecule has 0 heterocycles. The predicted octanol–water partition coefficient (Wildman–Crippen LogP) is 2.14. The molecule has 1 aromatic carbocycles. The van der Waals surface area contributed by atoms with Crippen LogP contribution in [0.2, 0.25) is 5.02 Å². The Bertz CT molecular complexity index is 593. The number of halogens is 1. The van der Waals surface area contributed by atoms with Crippen LogP contribution in [0.1, 0.15) is 20.8 Å². The van der Waals surface area contributed by atoms with Crippen LogP contribution >= 0.6 is 11.6 Å². The minimum atomic E-state index is -4.12. The van der Waals surface area contributed by atoms with Crippen LogP contribution in [0.15, 0.2) is 23.1 Å². The molecule has 0 spiro atoms. The smallest absolute Gasteiger partial charge is 0.421 e. The summed E-state index contributed by atoms with van der Waals surface area (Å²) in [6.45, 7) is 4.85. The van der Waals surface area contributed by atoms with E-state index in [1.165, 1.54) is 12.1 Å². The summed E-state index contributed by atoms with van der Waals surface area (Å²) in [7, 11) is -4.12. The second kappa shape index (κ2) is 5.26. The van der Waals surface area contributed by atoms with Gasteiger partial charge in [-0.3, -0.25) is 0 Å². The van der Waals surface area contributed by atoms with Crippen molar-refractivity contribution in [3.05, 3.63) is 23.2 Å². The summed E-state index contributed by atoms with van der Waals surface area (Å²) in [6, 6.07) is 3.94. The lowest BCUT2D eigenvalue weighted by molar-refractivity contribution is 0.0570. The normalized spacial score (nSPS) is 12.0. The summed E-state index contributed by atoms with van der Waals surface area (Å²) < 4.78 is 30.5. The summed E-state index contributed by atoms with van der Waals surface area (Å²) in [5.41, 5.74) is 4.73. The van der Waals surface area contributed by atoms with Crippen molar-refractivity contribution in [2.45, 2.75) is 31.3 Å². The molecule has 0 aliphatic carbocycles. The zero-order valence-corrected chi connectivity index (χ0v) is 12.3. The van der Waals surface area contributed by atoms with Crippen molar-refractivity contribution < 1.29 is 17.9 Å². The van der Waals surface area contributed by atoms with Gasteiger partial charge in [0.15, 0.2) is 0 Å². The number of nitrogens with two attached hydrogens (primary N) is 1. The number of anilines is 1. The first-order chi connectivity index (χ1) is 8.51. The van der Waals surface area contributed by atoms with Crippen molar-refractivity contribution >= 4 is 33.4 Å². The minimum absolute atomic E-state index is 0.0135. The molecule has 19 heavy (non-hydrogen) atoms. The van der Waals surface area contributed by atoms with Crippen molar-refractivity contribution in [2.24, 2.45) is 0 Å². The van der Waals surface area contributed by atoms with Gasteiger partial charge in [0.2, 0.25) is 0 Å². The molecule has 0 atom stereocenters. The van der Waals surface area contributed by atoms with E-state index in [-0.39, 0.29) is 15.6 Å². The van der Waals surface area contributed by atoms with Gasteiger partial charge in [-0.15, -0.1) is 0 Å².